The summed E-state index contributed by atoms with van der Waals surface area (Å²) in [5.74, 6) is 0. The van der Waals surface area contributed by atoms with Gasteiger partial charge in [-0.05, 0) is 6.42 Å². The van der Waals surface area contributed by atoms with Crippen molar-refractivity contribution in [3.63, 3.8) is 0 Å². The van der Waals surface area contributed by atoms with E-state index >= 15 is 0 Å². The first-order valence-corrected chi connectivity index (χ1v) is 5.29. The minimum Gasteiger partial charge on any atom is -0.394 e. The van der Waals surface area contributed by atoms with Gasteiger partial charge in [0.1, 0.15) is 30.5 Å². The van der Waals surface area contributed by atoms with Crippen molar-refractivity contribution in [2.75, 3.05) is 6.61 Å². The maximum atomic E-state index is 9.59. The maximum Gasteiger partial charge on any atom is 0.129 e. The smallest absolute Gasteiger partial charge is 0.129 e. The first-order valence-electron chi connectivity index (χ1n) is 5.29. The molecule has 1 saturated heterocycles. The SMILES string of the molecule is CCCC[C]1O[C@H](CO)[C@H](O)[C@H](O)[C@H]1O. The summed E-state index contributed by atoms with van der Waals surface area (Å²) in [5, 5.41) is 37.5. The Morgan fingerprint density at radius 2 is 1.87 bits per heavy atom. The van der Waals surface area contributed by atoms with Crippen LogP contribution in [-0.4, -0.2) is 51.4 Å². The summed E-state index contributed by atoms with van der Waals surface area (Å²) in [5.41, 5.74) is 0. The van der Waals surface area contributed by atoms with Crippen LogP contribution in [0.1, 0.15) is 26.2 Å². The second-order valence-corrected chi connectivity index (χ2v) is 3.83. The summed E-state index contributed by atoms with van der Waals surface area (Å²) < 4.78 is 5.24. The predicted octanol–water partition coefficient (Wildman–Crippen LogP) is -0.818. The van der Waals surface area contributed by atoms with Crippen molar-refractivity contribution in [1.29, 1.82) is 0 Å². The molecule has 0 unspecified atom stereocenters. The Hall–Kier alpha value is -0.200. The van der Waals surface area contributed by atoms with E-state index in [4.69, 9.17) is 9.84 Å². The van der Waals surface area contributed by atoms with E-state index in [1.807, 2.05) is 6.92 Å². The molecule has 1 heterocycles. The topological polar surface area (TPSA) is 90.2 Å². The van der Waals surface area contributed by atoms with Crippen molar-refractivity contribution in [1.82, 2.24) is 0 Å². The highest BCUT2D eigenvalue weighted by Gasteiger charge is 2.43. The normalized spacial score (nSPS) is 38.2. The van der Waals surface area contributed by atoms with Crippen LogP contribution >= 0.6 is 0 Å². The average molecular weight is 219 g/mol. The Balaban J connectivity index is 2.57. The zero-order valence-corrected chi connectivity index (χ0v) is 8.83. The van der Waals surface area contributed by atoms with Gasteiger partial charge in [0.05, 0.1) is 6.61 Å². The van der Waals surface area contributed by atoms with Gasteiger partial charge in [-0.1, -0.05) is 19.8 Å². The number of rotatable bonds is 4. The van der Waals surface area contributed by atoms with Crippen LogP contribution in [0, 0.1) is 6.10 Å². The van der Waals surface area contributed by atoms with E-state index in [0.717, 1.165) is 12.8 Å². The molecule has 4 N–H and O–H groups in total. The standard InChI is InChI=1S/C10H19O5/c1-2-3-4-6-8(12)10(14)9(13)7(5-11)15-6/h7-14H,2-5H2,1H3/t7-,8+,9+,10-/m1/s1. The molecule has 1 rings (SSSR count). The molecule has 1 aliphatic heterocycles. The molecule has 1 fully saturated rings. The third-order valence-corrected chi connectivity index (χ3v) is 2.64. The van der Waals surface area contributed by atoms with Crippen molar-refractivity contribution in [2.24, 2.45) is 0 Å². The number of ether oxygens (including phenoxy) is 1. The molecule has 1 radical (unpaired) electrons. The summed E-state index contributed by atoms with van der Waals surface area (Å²) in [7, 11) is 0. The van der Waals surface area contributed by atoms with E-state index in [-0.39, 0.29) is 6.61 Å². The van der Waals surface area contributed by atoms with E-state index in [9.17, 15) is 15.3 Å². The molecule has 15 heavy (non-hydrogen) atoms. The van der Waals surface area contributed by atoms with Crippen LogP contribution in [0.2, 0.25) is 0 Å². The molecule has 4 atom stereocenters. The van der Waals surface area contributed by atoms with E-state index in [0.29, 0.717) is 12.5 Å². The second kappa shape index (κ2) is 5.77. The molecule has 0 amide bonds. The Labute approximate surface area is 89.3 Å². The Morgan fingerprint density at radius 3 is 2.40 bits per heavy atom. The molecule has 89 valence electrons. The van der Waals surface area contributed by atoms with Gasteiger partial charge in [-0.3, -0.25) is 0 Å². The fourth-order valence-corrected chi connectivity index (χ4v) is 1.63. The average Bonchev–Trinajstić information content (AvgIpc) is 2.25. The van der Waals surface area contributed by atoms with Gasteiger partial charge in [0.15, 0.2) is 0 Å². The first kappa shape index (κ1) is 12.9. The Morgan fingerprint density at radius 1 is 1.20 bits per heavy atom. The van der Waals surface area contributed by atoms with E-state index in [1.165, 1.54) is 0 Å². The second-order valence-electron chi connectivity index (χ2n) is 3.83. The summed E-state index contributed by atoms with van der Waals surface area (Å²) in [6.45, 7) is 1.63. The number of unbranched alkanes of at least 4 members (excludes halogenated alkanes) is 1. The van der Waals surface area contributed by atoms with Crippen LogP contribution in [-0.2, 0) is 4.74 Å². The molecule has 5 heteroatoms. The molecular weight excluding hydrogens is 200 g/mol. The molecule has 0 saturated carbocycles. The maximum absolute atomic E-state index is 9.59. The van der Waals surface area contributed by atoms with E-state index in [1.54, 1.807) is 0 Å². The third kappa shape index (κ3) is 2.89. The van der Waals surface area contributed by atoms with Gasteiger partial charge in [-0.15, -0.1) is 0 Å². The van der Waals surface area contributed by atoms with Gasteiger partial charge in [0.25, 0.3) is 0 Å². The van der Waals surface area contributed by atoms with Crippen LogP contribution in [0.4, 0.5) is 0 Å². The highest BCUT2D eigenvalue weighted by molar-refractivity contribution is 5.01. The van der Waals surface area contributed by atoms with Crippen LogP contribution < -0.4 is 0 Å². The van der Waals surface area contributed by atoms with Gasteiger partial charge in [0.2, 0.25) is 0 Å². The largest absolute Gasteiger partial charge is 0.394 e. The Bertz CT molecular complexity index is 185. The lowest BCUT2D eigenvalue weighted by Crippen LogP contribution is -2.55. The van der Waals surface area contributed by atoms with Gasteiger partial charge >= 0.3 is 0 Å². The zero-order valence-electron chi connectivity index (χ0n) is 8.83. The van der Waals surface area contributed by atoms with Gasteiger partial charge in [-0.2, -0.15) is 0 Å². The van der Waals surface area contributed by atoms with Crippen molar-refractivity contribution in [3.05, 3.63) is 6.10 Å². The molecule has 0 aromatic carbocycles. The van der Waals surface area contributed by atoms with Crippen molar-refractivity contribution < 1.29 is 25.2 Å². The lowest BCUT2D eigenvalue weighted by molar-refractivity contribution is -0.192. The first-order chi connectivity index (χ1) is 7.11. The van der Waals surface area contributed by atoms with Crippen molar-refractivity contribution in [3.8, 4) is 0 Å². The number of aliphatic hydroxyl groups excluding tert-OH is 4. The molecule has 0 spiro atoms. The fourth-order valence-electron chi connectivity index (χ4n) is 1.63. The van der Waals surface area contributed by atoms with Crippen molar-refractivity contribution in [2.45, 2.75) is 50.6 Å². The lowest BCUT2D eigenvalue weighted by Gasteiger charge is -2.39. The highest BCUT2D eigenvalue weighted by atomic mass is 16.5. The van der Waals surface area contributed by atoms with E-state index in [2.05, 4.69) is 0 Å². The summed E-state index contributed by atoms with van der Waals surface area (Å²) in [6, 6.07) is 0. The molecule has 0 aromatic heterocycles. The van der Waals surface area contributed by atoms with Crippen LogP contribution in [0.25, 0.3) is 0 Å². The molecular formula is C10H19O5. The minimum atomic E-state index is -1.28. The molecule has 0 aromatic rings. The van der Waals surface area contributed by atoms with E-state index < -0.39 is 24.4 Å². The zero-order chi connectivity index (χ0) is 11.4. The Kier molecular flexibility index (Phi) is 4.95. The number of aliphatic hydroxyl groups is 4. The molecule has 0 bridgehead atoms. The van der Waals surface area contributed by atoms with Gasteiger partial charge in [0, 0.05) is 0 Å². The minimum absolute atomic E-state index is 0.355. The highest BCUT2D eigenvalue weighted by Crippen LogP contribution is 2.29. The van der Waals surface area contributed by atoms with Crippen LogP contribution in [0.15, 0.2) is 0 Å². The summed E-state index contributed by atoms with van der Waals surface area (Å²) in [4.78, 5) is 0. The molecule has 1 aliphatic rings. The molecule has 5 nitrogen and oxygen atoms in total. The third-order valence-electron chi connectivity index (χ3n) is 2.64. The summed E-state index contributed by atoms with van der Waals surface area (Å²) >= 11 is 0. The predicted molar refractivity (Wildman–Crippen MR) is 52.7 cm³/mol. The monoisotopic (exact) mass is 219 g/mol. The fraction of sp³-hybridized carbons (Fsp3) is 0.900. The molecule has 0 aliphatic carbocycles. The number of hydrogen-bond acceptors (Lipinski definition) is 5. The van der Waals surface area contributed by atoms with Gasteiger partial charge in [-0.25, -0.2) is 0 Å². The van der Waals surface area contributed by atoms with Crippen LogP contribution in [0.5, 0.6) is 0 Å². The van der Waals surface area contributed by atoms with Crippen LogP contribution in [0.3, 0.4) is 0 Å². The van der Waals surface area contributed by atoms with Crippen molar-refractivity contribution >= 4 is 0 Å². The number of hydrogen-bond donors (Lipinski definition) is 4. The summed E-state index contributed by atoms with van der Waals surface area (Å²) in [6.07, 6.45) is -1.83. The van der Waals surface area contributed by atoms with Gasteiger partial charge < -0.3 is 25.2 Å². The lowest BCUT2D eigenvalue weighted by atomic mass is 9.92. The quantitative estimate of drug-likeness (QED) is 0.496.